The molecule has 0 aliphatic carbocycles. The highest BCUT2D eigenvalue weighted by molar-refractivity contribution is 7.99. The number of hydrogen-bond donors (Lipinski definition) is 1. The quantitative estimate of drug-likeness (QED) is 0.652. The minimum atomic E-state index is -0.105. The molecule has 0 amide bonds. The molecule has 0 bridgehead atoms. The van der Waals surface area contributed by atoms with E-state index in [0.29, 0.717) is 11.2 Å². The minimum absolute atomic E-state index is 0.105. The van der Waals surface area contributed by atoms with Crippen molar-refractivity contribution in [2.75, 3.05) is 5.75 Å². The topological polar surface area (TPSA) is 63.6 Å². The van der Waals surface area contributed by atoms with Crippen LogP contribution in [0.4, 0.5) is 0 Å². The zero-order valence-corrected chi connectivity index (χ0v) is 7.47. The number of H-pyrrole nitrogens is 1. The van der Waals surface area contributed by atoms with Gasteiger partial charge in [0.25, 0.3) is 5.56 Å². The summed E-state index contributed by atoms with van der Waals surface area (Å²) >= 11 is 1.66. The van der Waals surface area contributed by atoms with Crippen LogP contribution in [0, 0.1) is 0 Å². The first-order valence-corrected chi connectivity index (χ1v) is 4.91. The van der Waals surface area contributed by atoms with Crippen LogP contribution >= 0.6 is 11.8 Å². The molecule has 0 radical (unpaired) electrons. The van der Waals surface area contributed by atoms with Gasteiger partial charge in [-0.1, -0.05) is 11.8 Å². The number of hydrogen-bond acceptors (Lipinski definition) is 4. The third kappa shape index (κ3) is 0.859. The highest BCUT2D eigenvalue weighted by atomic mass is 32.2. The first-order chi connectivity index (χ1) is 6.36. The van der Waals surface area contributed by atoms with E-state index in [1.54, 1.807) is 11.8 Å². The van der Waals surface area contributed by atoms with Crippen LogP contribution < -0.4 is 5.56 Å². The van der Waals surface area contributed by atoms with Gasteiger partial charge in [0.1, 0.15) is 0 Å². The molecule has 2 aromatic heterocycles. The number of aryl methyl sites for hydroxylation is 1. The van der Waals surface area contributed by atoms with Crippen molar-refractivity contribution in [1.82, 2.24) is 19.5 Å². The van der Waals surface area contributed by atoms with Crippen LogP contribution in [0.1, 0.15) is 0 Å². The minimum Gasteiger partial charge on any atom is -0.312 e. The lowest BCUT2D eigenvalue weighted by Crippen LogP contribution is -2.10. The fourth-order valence-electron chi connectivity index (χ4n) is 1.50. The lowest BCUT2D eigenvalue weighted by molar-refractivity contribution is 0.740. The van der Waals surface area contributed by atoms with Gasteiger partial charge in [-0.25, -0.2) is 9.97 Å². The van der Waals surface area contributed by atoms with Crippen LogP contribution in [-0.2, 0) is 6.54 Å². The molecule has 5 nitrogen and oxygen atoms in total. The molecule has 1 N–H and O–H groups in total. The van der Waals surface area contributed by atoms with Crippen LogP contribution in [0.2, 0.25) is 0 Å². The third-order valence-electron chi connectivity index (χ3n) is 2.06. The van der Waals surface area contributed by atoms with Crippen LogP contribution in [0.15, 0.2) is 16.3 Å². The summed E-state index contributed by atoms with van der Waals surface area (Å²) in [5.41, 5.74) is 1.04. The van der Waals surface area contributed by atoms with E-state index in [2.05, 4.69) is 15.0 Å². The molecule has 1 aliphatic heterocycles. The number of rotatable bonds is 0. The predicted octanol–water partition coefficient (Wildman–Crippen LogP) is 0.225. The smallest absolute Gasteiger partial charge is 0.277 e. The Bertz CT molecular complexity index is 529. The molecule has 0 saturated heterocycles. The van der Waals surface area contributed by atoms with Crippen molar-refractivity contribution in [2.24, 2.45) is 0 Å². The van der Waals surface area contributed by atoms with E-state index in [4.69, 9.17) is 0 Å². The fraction of sp³-hybridized carbons (Fsp3) is 0.286. The van der Waals surface area contributed by atoms with Gasteiger partial charge >= 0.3 is 0 Å². The molecule has 1 aliphatic rings. The van der Waals surface area contributed by atoms with Crippen molar-refractivity contribution >= 4 is 22.9 Å². The summed E-state index contributed by atoms with van der Waals surface area (Å²) in [6, 6.07) is 0. The van der Waals surface area contributed by atoms with E-state index in [9.17, 15) is 4.79 Å². The first-order valence-electron chi connectivity index (χ1n) is 3.93. The Morgan fingerprint density at radius 2 is 2.54 bits per heavy atom. The van der Waals surface area contributed by atoms with Gasteiger partial charge in [0.05, 0.1) is 6.33 Å². The van der Waals surface area contributed by atoms with E-state index in [0.717, 1.165) is 17.5 Å². The number of imidazole rings is 1. The molecule has 3 heterocycles. The van der Waals surface area contributed by atoms with Gasteiger partial charge in [-0.05, 0) is 0 Å². The molecule has 3 rings (SSSR count). The number of thioether (sulfide) groups is 1. The fourth-order valence-corrected chi connectivity index (χ4v) is 2.45. The van der Waals surface area contributed by atoms with E-state index in [1.165, 1.54) is 6.33 Å². The predicted molar refractivity (Wildman–Crippen MR) is 48.9 cm³/mol. The first kappa shape index (κ1) is 7.14. The Morgan fingerprint density at radius 3 is 3.46 bits per heavy atom. The Morgan fingerprint density at radius 1 is 1.62 bits per heavy atom. The second-order valence-electron chi connectivity index (χ2n) is 2.80. The van der Waals surface area contributed by atoms with Crippen LogP contribution in [-0.4, -0.2) is 25.3 Å². The molecular weight excluding hydrogens is 188 g/mol. The normalized spacial score (nSPS) is 15.1. The van der Waals surface area contributed by atoms with Crippen molar-refractivity contribution in [1.29, 1.82) is 0 Å². The summed E-state index contributed by atoms with van der Waals surface area (Å²) in [5, 5.41) is 0.902. The van der Waals surface area contributed by atoms with Crippen LogP contribution in [0.3, 0.4) is 0 Å². The summed E-state index contributed by atoms with van der Waals surface area (Å²) in [6.07, 6.45) is 1.39. The lowest BCUT2D eigenvalue weighted by atomic mass is 10.5. The van der Waals surface area contributed by atoms with E-state index in [1.807, 2.05) is 4.57 Å². The molecule has 0 saturated carbocycles. The SMILES string of the molecule is O=c1[nH]cnc2nc3n(c12)CCS3. The zero-order chi connectivity index (χ0) is 8.84. The zero-order valence-electron chi connectivity index (χ0n) is 6.65. The number of aromatic amines is 1. The van der Waals surface area contributed by atoms with Crippen molar-refractivity contribution in [3.8, 4) is 0 Å². The summed E-state index contributed by atoms with van der Waals surface area (Å²) in [6.45, 7) is 0.852. The Balaban J connectivity index is 2.53. The second-order valence-corrected chi connectivity index (χ2v) is 3.86. The molecule has 0 aromatic carbocycles. The molecule has 2 aromatic rings. The monoisotopic (exact) mass is 194 g/mol. The van der Waals surface area contributed by atoms with Gasteiger partial charge in [-0.2, -0.15) is 0 Å². The lowest BCUT2D eigenvalue weighted by Gasteiger charge is -1.93. The molecule has 0 spiro atoms. The standard InChI is InChI=1S/C7H6N4OS/c12-6-4-5(8-3-9-6)10-7-11(4)1-2-13-7/h3H,1-2H2,(H,8,9,12). The maximum absolute atomic E-state index is 11.4. The second kappa shape index (κ2) is 2.35. The van der Waals surface area contributed by atoms with E-state index >= 15 is 0 Å². The Kier molecular flexibility index (Phi) is 1.29. The summed E-state index contributed by atoms with van der Waals surface area (Å²) in [7, 11) is 0. The summed E-state index contributed by atoms with van der Waals surface area (Å²) in [5.74, 6) is 0.993. The molecule has 0 atom stereocenters. The van der Waals surface area contributed by atoms with E-state index < -0.39 is 0 Å². The molecule has 0 fully saturated rings. The van der Waals surface area contributed by atoms with Gasteiger partial charge in [0, 0.05) is 12.3 Å². The number of nitrogens with one attached hydrogen (secondary N) is 1. The average molecular weight is 194 g/mol. The number of fused-ring (bicyclic) bond motifs is 3. The van der Waals surface area contributed by atoms with Crippen LogP contribution in [0.5, 0.6) is 0 Å². The van der Waals surface area contributed by atoms with Crippen molar-refractivity contribution in [3.63, 3.8) is 0 Å². The number of aromatic nitrogens is 4. The molecular formula is C7H6N4OS. The van der Waals surface area contributed by atoms with Crippen LogP contribution in [0.25, 0.3) is 11.2 Å². The summed E-state index contributed by atoms with van der Waals surface area (Å²) in [4.78, 5) is 22.2. The van der Waals surface area contributed by atoms with E-state index in [-0.39, 0.29) is 5.56 Å². The van der Waals surface area contributed by atoms with Gasteiger partial charge in [0.2, 0.25) is 0 Å². The third-order valence-corrected chi connectivity index (χ3v) is 3.01. The maximum atomic E-state index is 11.4. The molecule has 13 heavy (non-hydrogen) atoms. The van der Waals surface area contributed by atoms with Gasteiger partial charge < -0.3 is 9.55 Å². The van der Waals surface area contributed by atoms with Crippen molar-refractivity contribution in [2.45, 2.75) is 11.7 Å². The molecule has 6 heteroatoms. The molecule has 66 valence electrons. The highest BCUT2D eigenvalue weighted by Gasteiger charge is 2.19. The van der Waals surface area contributed by atoms with Gasteiger partial charge in [0.15, 0.2) is 16.3 Å². The maximum Gasteiger partial charge on any atom is 0.277 e. The van der Waals surface area contributed by atoms with Crippen molar-refractivity contribution < 1.29 is 0 Å². The largest absolute Gasteiger partial charge is 0.312 e. The van der Waals surface area contributed by atoms with Gasteiger partial charge in [-0.15, -0.1) is 0 Å². The average Bonchev–Trinajstić information content (AvgIpc) is 2.62. The summed E-state index contributed by atoms with van der Waals surface area (Å²) < 4.78 is 1.92. The number of nitrogens with zero attached hydrogens (tertiary/aromatic N) is 3. The highest BCUT2D eigenvalue weighted by Crippen LogP contribution is 2.26. The Hall–Kier alpha value is -1.30. The Labute approximate surface area is 77.2 Å². The van der Waals surface area contributed by atoms with Gasteiger partial charge in [-0.3, -0.25) is 4.79 Å². The van der Waals surface area contributed by atoms with Crippen molar-refractivity contribution in [3.05, 3.63) is 16.7 Å². The molecule has 0 unspecified atom stereocenters.